The van der Waals surface area contributed by atoms with E-state index in [1.165, 1.54) is 143 Å². The van der Waals surface area contributed by atoms with E-state index in [1.54, 1.807) is 48.5 Å². The summed E-state index contributed by atoms with van der Waals surface area (Å²) in [5.74, 6) is -10.1. The summed E-state index contributed by atoms with van der Waals surface area (Å²) in [5.41, 5.74) is 25.4. The summed E-state index contributed by atoms with van der Waals surface area (Å²) in [6, 6.07) is 29.8. The number of amides is 11. The number of primary amides is 4. The Balaban J connectivity index is 0.000000182. The van der Waals surface area contributed by atoms with Crippen LogP contribution in [-0.2, 0) is 38.4 Å². The fraction of sp³-hybridized carbons (Fsp3) is 0.300. The molecule has 113 heavy (non-hydrogen) atoms. The summed E-state index contributed by atoms with van der Waals surface area (Å²) in [5, 5.41) is 21.2. The number of carboxylic acid groups (broad SMARTS) is 1. The van der Waals surface area contributed by atoms with Gasteiger partial charge in [-0.15, -0.1) is 0 Å². The third kappa shape index (κ3) is 25.2. The van der Waals surface area contributed by atoms with Crippen LogP contribution in [0, 0.1) is 41.0 Å². The predicted molar refractivity (Wildman–Crippen MR) is 407 cm³/mol. The Morgan fingerprint density at radius 2 is 0.619 bits per heavy atom. The third-order valence-electron chi connectivity index (χ3n) is 18.9. The van der Waals surface area contributed by atoms with E-state index >= 15 is 0 Å². The first-order valence-electron chi connectivity index (χ1n) is 36.0. The molecule has 4 aliphatic heterocycles. The summed E-state index contributed by atoms with van der Waals surface area (Å²) < 4.78 is 52.4. The van der Waals surface area contributed by atoms with Crippen molar-refractivity contribution in [2.45, 2.75) is 109 Å². The van der Waals surface area contributed by atoms with Gasteiger partial charge in [-0.05, 0) is 177 Å². The lowest BCUT2D eigenvalue weighted by molar-refractivity contribution is -0.147. The molecule has 8 atom stereocenters. The van der Waals surface area contributed by atoms with Crippen LogP contribution in [0.5, 0.6) is 0 Å². The number of carbonyl (C=O) groups is 12. The molecule has 4 aromatic carbocycles. The molecule has 0 saturated carbocycles. The lowest BCUT2D eigenvalue weighted by atomic mass is 9.89. The highest BCUT2D eigenvalue weighted by Crippen LogP contribution is 2.37. The minimum absolute atomic E-state index is 0.0817. The van der Waals surface area contributed by atoms with Crippen LogP contribution in [0.25, 0.3) is 0 Å². The zero-order chi connectivity index (χ0) is 82.2. The molecule has 0 unspecified atom stereocenters. The van der Waals surface area contributed by atoms with Crippen LogP contribution in [0.15, 0.2) is 171 Å². The Bertz CT molecular complexity index is 4400. The Labute approximate surface area is 647 Å². The van der Waals surface area contributed by atoms with Crippen LogP contribution >= 0.6 is 0 Å². The van der Waals surface area contributed by atoms with E-state index in [2.05, 4.69) is 48.1 Å². The second-order valence-electron chi connectivity index (χ2n) is 27.7. The molecule has 4 saturated heterocycles. The molecule has 12 rings (SSSR count). The van der Waals surface area contributed by atoms with Gasteiger partial charge in [-0.2, -0.15) is 0 Å². The van der Waals surface area contributed by atoms with Gasteiger partial charge in [0.15, 0.2) is 0 Å². The van der Waals surface area contributed by atoms with Gasteiger partial charge >= 0.3 is 47.3 Å². The summed E-state index contributed by atoms with van der Waals surface area (Å²) >= 11 is 0. The van der Waals surface area contributed by atoms with E-state index < -0.39 is 70.9 Å². The van der Waals surface area contributed by atoms with Gasteiger partial charge in [-0.1, -0.05) is 69.3 Å². The lowest BCUT2D eigenvalue weighted by Crippen LogP contribution is -2.46. The molecule has 33 heteroatoms. The van der Waals surface area contributed by atoms with Gasteiger partial charge in [0.1, 0.15) is 23.3 Å². The van der Waals surface area contributed by atoms with Gasteiger partial charge in [-0.25, -0.2) is 22.4 Å². The van der Waals surface area contributed by atoms with Crippen molar-refractivity contribution in [3.8, 4) is 0 Å². The SMILES string of the molecule is C[C@@H]1CC[C@@H](c2ccc(F)cc2)CN1.C[C@@H]1CC[C@@H](c2ccc(F)cc2)N(C(=O)C(=O)Nc2cncc(C(N)=O)c2)C1.C[C@@H]1CC[C@@H](c2ccc(F)cc2)N(C(=O)C(=O)Nc2cncc(C(N)=O)c2)C1.C[C@H]1CC[C@H](c2ccc(F)cc2)N(C(=O)C(=O)Nc2cncc(C(N)=O)c2)C1.NC(=O)c1cncc(NC(=O)C(=O)O)c1. The number of benzene rings is 4. The molecule has 0 aliphatic carbocycles. The Kier molecular flexibility index (Phi) is 30.6. The number of aliphatic carboxylic acids is 1. The normalized spacial score (nSPS) is 18.9. The second kappa shape index (κ2) is 40.5. The van der Waals surface area contributed by atoms with Gasteiger partial charge in [-0.3, -0.25) is 72.7 Å². The molecular weight excluding hydrogens is 1470 g/mol. The van der Waals surface area contributed by atoms with Crippen molar-refractivity contribution in [3.05, 3.63) is 239 Å². The van der Waals surface area contributed by atoms with Crippen molar-refractivity contribution in [3.63, 3.8) is 0 Å². The lowest BCUT2D eigenvalue weighted by Gasteiger charge is -2.38. The molecule has 8 aromatic rings. The predicted octanol–water partition coefficient (Wildman–Crippen LogP) is 8.66. The third-order valence-corrected chi connectivity index (χ3v) is 18.9. The molecule has 592 valence electrons. The molecule has 0 bridgehead atoms. The highest BCUT2D eigenvalue weighted by molar-refractivity contribution is 6.41. The average molecular weight is 1560 g/mol. The van der Waals surface area contributed by atoms with Crippen molar-refractivity contribution < 1.29 is 80.2 Å². The van der Waals surface area contributed by atoms with E-state index in [1.807, 2.05) is 38.2 Å². The topological polar surface area (TPSA) is 451 Å². The number of piperidine rings is 4. The van der Waals surface area contributed by atoms with Gasteiger partial charge in [0.25, 0.3) is 0 Å². The first kappa shape index (κ1) is 85.4. The minimum Gasteiger partial charge on any atom is -0.474 e. The second-order valence-corrected chi connectivity index (χ2v) is 27.7. The maximum absolute atomic E-state index is 13.2. The Morgan fingerprint density at radius 1 is 0.363 bits per heavy atom. The number of nitrogens with zero attached hydrogens (tertiary/aromatic N) is 7. The number of nitrogens with two attached hydrogens (primary N) is 4. The number of nitrogens with one attached hydrogen (secondary N) is 5. The van der Waals surface area contributed by atoms with Crippen molar-refractivity contribution in [2.24, 2.45) is 40.7 Å². The number of hydrogen-bond acceptors (Lipinski definition) is 17. The van der Waals surface area contributed by atoms with Crippen LogP contribution in [-0.4, -0.2) is 143 Å². The van der Waals surface area contributed by atoms with Crippen molar-refractivity contribution in [1.29, 1.82) is 0 Å². The number of rotatable bonds is 12. The molecule has 29 nitrogen and oxygen atoms in total. The number of carboxylic acids is 1. The van der Waals surface area contributed by atoms with E-state index in [-0.39, 0.29) is 104 Å². The number of anilines is 4. The first-order chi connectivity index (χ1) is 53.8. The number of pyridine rings is 4. The largest absolute Gasteiger partial charge is 0.474 e. The van der Waals surface area contributed by atoms with Crippen LogP contribution < -0.4 is 49.5 Å². The number of carbonyl (C=O) groups excluding carboxylic acids is 11. The molecule has 4 aromatic heterocycles. The van der Waals surface area contributed by atoms with E-state index in [0.717, 1.165) is 42.5 Å². The molecule has 0 spiro atoms. The zero-order valence-corrected chi connectivity index (χ0v) is 62.1. The van der Waals surface area contributed by atoms with Crippen LogP contribution in [0.3, 0.4) is 0 Å². The zero-order valence-electron chi connectivity index (χ0n) is 62.1. The quantitative estimate of drug-likeness (QED) is 0.0404. The first-order valence-corrected chi connectivity index (χ1v) is 36.0. The van der Waals surface area contributed by atoms with Crippen LogP contribution in [0.2, 0.25) is 0 Å². The maximum Gasteiger partial charge on any atom is 0.394 e. The number of hydrogen-bond donors (Lipinski definition) is 10. The van der Waals surface area contributed by atoms with E-state index in [0.29, 0.717) is 50.9 Å². The van der Waals surface area contributed by atoms with E-state index in [4.69, 9.17) is 28.0 Å². The maximum atomic E-state index is 13.2. The van der Waals surface area contributed by atoms with Crippen molar-refractivity contribution >= 4 is 93.7 Å². The summed E-state index contributed by atoms with van der Waals surface area (Å²) in [7, 11) is 0. The summed E-state index contributed by atoms with van der Waals surface area (Å²) in [4.78, 5) is 161. The van der Waals surface area contributed by atoms with Gasteiger partial charge in [0.05, 0.1) is 87.9 Å². The molecule has 4 aliphatic rings. The fourth-order valence-corrected chi connectivity index (χ4v) is 12.9. The summed E-state index contributed by atoms with van der Waals surface area (Å²) in [6.45, 7) is 10.5. The molecule has 11 amide bonds. The Morgan fingerprint density at radius 3 is 0.858 bits per heavy atom. The molecule has 0 radical (unpaired) electrons. The summed E-state index contributed by atoms with van der Waals surface area (Å²) in [6.07, 6.45) is 17.4. The minimum atomic E-state index is -1.63. The van der Waals surface area contributed by atoms with Crippen molar-refractivity contribution in [2.75, 3.05) is 47.4 Å². The van der Waals surface area contributed by atoms with Gasteiger partial charge in [0.2, 0.25) is 23.6 Å². The van der Waals surface area contributed by atoms with Gasteiger partial charge in [0, 0.05) is 57.0 Å². The van der Waals surface area contributed by atoms with Crippen LogP contribution in [0.1, 0.15) is 167 Å². The Hall–Kier alpha value is -13.2. The number of halogens is 4. The molecule has 8 heterocycles. The monoisotopic (exact) mass is 1550 g/mol. The number of aromatic nitrogens is 4. The van der Waals surface area contributed by atoms with Gasteiger partial charge < -0.3 is 69.3 Å². The molecule has 14 N–H and O–H groups in total. The average Bonchev–Trinajstić information content (AvgIpc) is 0.815. The van der Waals surface area contributed by atoms with E-state index in [9.17, 15) is 75.1 Å². The molecular formula is C80H86F4N16O13. The standard InChI is InChI=1S/3C20H21FN4O3.C12H16FN.C8H7N3O4/c3*1-12-2-7-17(13-3-5-15(21)6-4-13)25(11-12)20(28)19(27)24-16-8-14(18(22)26)9-23-10-16;1-9-2-3-11(8-14-9)10-4-6-12(13)7-5-10;9-6(12)4-1-5(3-10-2-4)11-7(13)8(14)15/h3*3-6,8-10,12,17H,2,7,11H2,1H3,(H2,22,26)(H,24,27);4-7,9,11,14H,2-3,8H2,1H3;1-3H,(H2,9,12)(H,11,13)(H,14,15)/t3*12-,17+;9-,11-;/m1101./s1. The number of likely N-dealkylation sites (tertiary alicyclic amines) is 3. The van der Waals surface area contributed by atoms with Crippen molar-refractivity contribution in [1.82, 2.24) is 40.0 Å². The fourth-order valence-electron chi connectivity index (χ4n) is 12.9. The highest BCUT2D eigenvalue weighted by Gasteiger charge is 2.38. The smallest absolute Gasteiger partial charge is 0.394 e. The highest BCUT2D eigenvalue weighted by atomic mass is 19.1. The molecule has 4 fully saturated rings. The van der Waals surface area contributed by atoms with Crippen LogP contribution in [0.4, 0.5) is 40.3 Å².